The Bertz CT molecular complexity index is 1240. The van der Waals surface area contributed by atoms with Gasteiger partial charge in [0.2, 0.25) is 0 Å². The zero-order valence-electron chi connectivity index (χ0n) is 18.6. The van der Waals surface area contributed by atoms with Gasteiger partial charge in [-0.15, -0.1) is 0 Å². The molecule has 4 aromatic rings. The Hall–Kier alpha value is -3.80. The van der Waals surface area contributed by atoms with Gasteiger partial charge in [-0.3, -0.25) is 4.98 Å². The van der Waals surface area contributed by atoms with Crippen LogP contribution in [0.1, 0.15) is 53.4 Å². The molecule has 162 valence electrons. The van der Waals surface area contributed by atoms with E-state index in [-0.39, 0.29) is 0 Å². The van der Waals surface area contributed by atoms with Crippen LogP contribution in [0.25, 0.3) is 17.2 Å². The van der Waals surface area contributed by atoms with Gasteiger partial charge in [0.25, 0.3) is 0 Å². The van der Waals surface area contributed by atoms with E-state index < -0.39 is 0 Å². The van der Waals surface area contributed by atoms with Crippen LogP contribution in [0.15, 0.2) is 68.4 Å². The van der Waals surface area contributed by atoms with Gasteiger partial charge in [0.05, 0.1) is 17.4 Å². The van der Waals surface area contributed by atoms with E-state index in [0.717, 1.165) is 45.0 Å². The van der Waals surface area contributed by atoms with Crippen molar-refractivity contribution in [2.24, 2.45) is 0 Å². The molecular formula is C26H28N6. The topological polar surface area (TPSA) is 68.0 Å². The lowest BCUT2D eigenvalue weighted by Crippen LogP contribution is -2.13. The summed E-state index contributed by atoms with van der Waals surface area (Å²) < 4.78 is 1.84. The Morgan fingerprint density at radius 3 is 2.66 bits per heavy atom. The molecule has 0 spiro atoms. The third kappa shape index (κ3) is 4.44. The Labute approximate surface area is 188 Å². The fraction of sp³-hybridized carbons (Fsp3) is 0.231. The number of pyridine rings is 2. The van der Waals surface area contributed by atoms with Crippen LogP contribution >= 0.6 is 0 Å². The van der Waals surface area contributed by atoms with Gasteiger partial charge in [-0.05, 0) is 55.2 Å². The number of nitrogens with zero attached hydrogens (tertiary/aromatic N) is 5. The third-order valence-electron chi connectivity index (χ3n) is 5.86. The number of hydrogen-bond donors (Lipinski definition) is 1. The Balaban J connectivity index is 0.000000260. The van der Waals surface area contributed by atoms with E-state index in [2.05, 4.69) is 39.6 Å². The number of rotatable bonds is 5. The van der Waals surface area contributed by atoms with Crippen LogP contribution in [0.5, 0.6) is 0 Å². The minimum Gasteiger partial charge on any atom is -0.387 e. The lowest BCUT2D eigenvalue weighted by molar-refractivity contribution is 0.400. The summed E-state index contributed by atoms with van der Waals surface area (Å²) in [5, 5.41) is 7.28. The standard InChI is InChI=1S/C20H20N4.C6H8N2/c1-4-15-11-22-24-9-8-17(10-19(15)24)13(2)18-12-21-20(23-14(18)3)16-6-5-7-16;1-7-6-3-2-4-8-5-6/h4,8-12,16H,1-2,5-7H2,3H3;2-5,7H,1H3. The molecule has 1 aliphatic carbocycles. The first-order valence-corrected chi connectivity index (χ1v) is 10.8. The van der Waals surface area contributed by atoms with Crippen LogP contribution < -0.4 is 5.32 Å². The van der Waals surface area contributed by atoms with Gasteiger partial charge in [-0.1, -0.05) is 25.7 Å². The summed E-state index contributed by atoms with van der Waals surface area (Å²) in [7, 11) is 1.87. The maximum atomic E-state index is 4.72. The monoisotopic (exact) mass is 424 g/mol. The van der Waals surface area contributed by atoms with Gasteiger partial charge in [0.1, 0.15) is 5.82 Å². The second-order valence-electron chi connectivity index (χ2n) is 7.87. The molecule has 0 aromatic carbocycles. The highest BCUT2D eigenvalue weighted by atomic mass is 15.2. The Kier molecular flexibility index (Phi) is 6.40. The molecule has 0 radical (unpaired) electrons. The molecule has 0 unspecified atom stereocenters. The molecule has 1 N–H and O–H groups in total. The highest BCUT2D eigenvalue weighted by Gasteiger charge is 2.23. The molecule has 1 aliphatic rings. The van der Waals surface area contributed by atoms with E-state index in [1.165, 1.54) is 19.3 Å². The van der Waals surface area contributed by atoms with Gasteiger partial charge >= 0.3 is 0 Å². The van der Waals surface area contributed by atoms with Crippen LogP contribution in [-0.4, -0.2) is 31.6 Å². The zero-order valence-corrected chi connectivity index (χ0v) is 18.6. The molecule has 0 saturated heterocycles. The Morgan fingerprint density at radius 2 is 2.06 bits per heavy atom. The molecule has 1 saturated carbocycles. The number of fused-ring (bicyclic) bond motifs is 1. The van der Waals surface area contributed by atoms with Crippen molar-refractivity contribution in [1.82, 2.24) is 24.6 Å². The van der Waals surface area contributed by atoms with E-state index in [9.17, 15) is 0 Å². The summed E-state index contributed by atoms with van der Waals surface area (Å²) in [6.07, 6.45) is 14.7. The van der Waals surface area contributed by atoms with E-state index in [4.69, 9.17) is 4.98 Å². The zero-order chi connectivity index (χ0) is 22.5. The molecule has 0 amide bonds. The SMILES string of the molecule is C=Cc1cnn2ccc(C(=C)c3cnc(C4CCC4)nc3C)cc12.CNc1cccnc1. The summed E-state index contributed by atoms with van der Waals surface area (Å²) in [5.74, 6) is 1.53. The molecule has 0 aliphatic heterocycles. The van der Waals surface area contributed by atoms with Gasteiger partial charge in [0, 0.05) is 54.6 Å². The first-order chi connectivity index (χ1) is 15.6. The van der Waals surface area contributed by atoms with Crippen LogP contribution in [-0.2, 0) is 0 Å². The average Bonchev–Trinajstić information content (AvgIpc) is 3.21. The summed E-state index contributed by atoms with van der Waals surface area (Å²) in [5.41, 5.74) is 7.07. The quantitative estimate of drug-likeness (QED) is 0.456. The Morgan fingerprint density at radius 1 is 1.22 bits per heavy atom. The highest BCUT2D eigenvalue weighted by molar-refractivity contribution is 5.82. The molecule has 5 rings (SSSR count). The van der Waals surface area contributed by atoms with E-state index in [1.54, 1.807) is 12.4 Å². The van der Waals surface area contributed by atoms with Crippen molar-refractivity contribution in [1.29, 1.82) is 0 Å². The van der Waals surface area contributed by atoms with Crippen molar-refractivity contribution in [2.75, 3.05) is 12.4 Å². The van der Waals surface area contributed by atoms with Gasteiger partial charge < -0.3 is 5.32 Å². The number of aryl methyl sites for hydroxylation is 1. The smallest absolute Gasteiger partial charge is 0.131 e. The maximum Gasteiger partial charge on any atom is 0.131 e. The van der Waals surface area contributed by atoms with Gasteiger partial charge in [-0.2, -0.15) is 5.10 Å². The van der Waals surface area contributed by atoms with Crippen molar-refractivity contribution >= 4 is 22.9 Å². The predicted octanol–water partition coefficient (Wildman–Crippen LogP) is 5.53. The number of nitrogens with one attached hydrogen (secondary N) is 1. The lowest BCUT2D eigenvalue weighted by atomic mass is 9.84. The third-order valence-corrected chi connectivity index (χ3v) is 5.86. The molecule has 4 aromatic heterocycles. The van der Waals surface area contributed by atoms with Crippen molar-refractivity contribution in [2.45, 2.75) is 32.1 Å². The number of hydrogen-bond acceptors (Lipinski definition) is 5. The average molecular weight is 425 g/mol. The molecule has 32 heavy (non-hydrogen) atoms. The summed E-state index contributed by atoms with van der Waals surface area (Å²) >= 11 is 0. The van der Waals surface area contributed by atoms with Crippen molar-refractivity contribution in [3.63, 3.8) is 0 Å². The van der Waals surface area contributed by atoms with E-state index in [0.29, 0.717) is 5.92 Å². The summed E-state index contributed by atoms with van der Waals surface area (Å²) in [6.45, 7) is 10.2. The molecule has 1 fully saturated rings. The van der Waals surface area contributed by atoms with Gasteiger partial charge in [0.15, 0.2) is 0 Å². The first-order valence-electron chi connectivity index (χ1n) is 10.8. The van der Waals surface area contributed by atoms with Crippen molar-refractivity contribution in [3.05, 3.63) is 96.6 Å². The normalized spacial score (nSPS) is 13.1. The van der Waals surface area contributed by atoms with Crippen LogP contribution in [0.2, 0.25) is 0 Å². The molecule has 0 bridgehead atoms. The molecule has 0 atom stereocenters. The highest BCUT2D eigenvalue weighted by Crippen LogP contribution is 2.35. The number of aromatic nitrogens is 5. The molecule has 6 heteroatoms. The molecule has 4 heterocycles. The van der Waals surface area contributed by atoms with Crippen molar-refractivity contribution in [3.8, 4) is 0 Å². The maximum absolute atomic E-state index is 4.72. The van der Waals surface area contributed by atoms with Gasteiger partial charge in [-0.25, -0.2) is 14.5 Å². The van der Waals surface area contributed by atoms with E-state index >= 15 is 0 Å². The van der Waals surface area contributed by atoms with Crippen LogP contribution in [0, 0.1) is 6.92 Å². The fourth-order valence-electron chi connectivity index (χ4n) is 3.66. The predicted molar refractivity (Wildman–Crippen MR) is 131 cm³/mol. The first kappa shape index (κ1) is 21.4. The second-order valence-corrected chi connectivity index (χ2v) is 7.87. The summed E-state index contributed by atoms with van der Waals surface area (Å²) in [6, 6.07) is 7.97. The van der Waals surface area contributed by atoms with Crippen LogP contribution in [0.4, 0.5) is 5.69 Å². The largest absolute Gasteiger partial charge is 0.387 e. The summed E-state index contributed by atoms with van der Waals surface area (Å²) in [4.78, 5) is 13.2. The minimum atomic E-state index is 0.546. The lowest BCUT2D eigenvalue weighted by Gasteiger charge is -2.24. The molecule has 6 nitrogen and oxygen atoms in total. The fourth-order valence-corrected chi connectivity index (χ4v) is 3.66. The second kappa shape index (κ2) is 9.56. The number of anilines is 1. The molecular weight excluding hydrogens is 396 g/mol. The minimum absolute atomic E-state index is 0.546. The van der Waals surface area contributed by atoms with Crippen molar-refractivity contribution < 1.29 is 0 Å². The van der Waals surface area contributed by atoms with Crippen LogP contribution in [0.3, 0.4) is 0 Å². The van der Waals surface area contributed by atoms with E-state index in [1.807, 2.05) is 61.4 Å².